The largest absolute Gasteiger partial charge is 0.497 e. The first-order valence-electron chi connectivity index (χ1n) is 8.87. The lowest BCUT2D eigenvalue weighted by molar-refractivity contribution is 0.415. The molecule has 1 aliphatic rings. The molecule has 0 unspecified atom stereocenters. The van der Waals surface area contributed by atoms with Gasteiger partial charge in [-0.15, -0.1) is 0 Å². The number of ether oxygens (including phenoxy) is 1. The van der Waals surface area contributed by atoms with E-state index in [0.29, 0.717) is 5.92 Å². The molecule has 22 heavy (non-hydrogen) atoms. The molecule has 0 bridgehead atoms. The fourth-order valence-corrected chi connectivity index (χ4v) is 3.68. The minimum Gasteiger partial charge on any atom is -0.497 e. The minimum atomic E-state index is 0.657. The van der Waals surface area contributed by atoms with Gasteiger partial charge in [0.2, 0.25) is 0 Å². The van der Waals surface area contributed by atoms with Gasteiger partial charge in [-0.05, 0) is 31.4 Å². The summed E-state index contributed by atoms with van der Waals surface area (Å²) in [6, 6.07) is 6.32. The number of hydrogen-bond donors (Lipinski definition) is 0. The van der Waals surface area contributed by atoms with Crippen LogP contribution in [0.1, 0.15) is 70.0 Å². The Kier molecular flexibility index (Phi) is 5.01. The molecule has 1 aromatic carbocycles. The lowest BCUT2D eigenvalue weighted by atomic mass is 10.1. The molecule has 3 rings (SSSR count). The summed E-state index contributed by atoms with van der Waals surface area (Å²) in [5.41, 5.74) is 2.37. The lowest BCUT2D eigenvalue weighted by Gasteiger charge is -2.13. The first-order valence-corrected chi connectivity index (χ1v) is 8.87. The summed E-state index contributed by atoms with van der Waals surface area (Å²) >= 11 is 0. The van der Waals surface area contributed by atoms with Gasteiger partial charge in [-0.1, -0.05) is 39.0 Å². The van der Waals surface area contributed by atoms with Gasteiger partial charge < -0.3 is 9.30 Å². The Morgan fingerprint density at radius 2 is 2.00 bits per heavy atom. The summed E-state index contributed by atoms with van der Waals surface area (Å²) in [6.07, 6.45) is 10.5. The summed E-state index contributed by atoms with van der Waals surface area (Å²) in [7, 11) is 1.72. The fraction of sp³-hybridized carbons (Fsp3) is 0.632. The topological polar surface area (TPSA) is 27.1 Å². The maximum atomic E-state index is 5.36. The van der Waals surface area contributed by atoms with E-state index in [1.165, 1.54) is 62.7 Å². The summed E-state index contributed by atoms with van der Waals surface area (Å²) < 4.78 is 7.85. The fourth-order valence-electron chi connectivity index (χ4n) is 3.68. The Morgan fingerprint density at radius 3 is 2.73 bits per heavy atom. The van der Waals surface area contributed by atoms with Crippen molar-refractivity contribution in [2.24, 2.45) is 0 Å². The van der Waals surface area contributed by atoms with E-state index in [9.17, 15) is 0 Å². The van der Waals surface area contributed by atoms with Crippen LogP contribution < -0.4 is 4.74 Å². The monoisotopic (exact) mass is 300 g/mol. The van der Waals surface area contributed by atoms with Gasteiger partial charge in [0.25, 0.3) is 0 Å². The van der Waals surface area contributed by atoms with Crippen molar-refractivity contribution < 1.29 is 4.74 Å². The molecule has 1 saturated carbocycles. The van der Waals surface area contributed by atoms with Crippen LogP contribution in [0.25, 0.3) is 11.0 Å². The van der Waals surface area contributed by atoms with Crippen molar-refractivity contribution in [3.63, 3.8) is 0 Å². The van der Waals surface area contributed by atoms with Crippen molar-refractivity contribution in [3.8, 4) is 5.75 Å². The van der Waals surface area contributed by atoms with Crippen LogP contribution in [-0.2, 0) is 6.54 Å². The molecular formula is C19H28N2O. The zero-order chi connectivity index (χ0) is 15.4. The van der Waals surface area contributed by atoms with Gasteiger partial charge in [0.15, 0.2) is 0 Å². The van der Waals surface area contributed by atoms with E-state index in [1.807, 2.05) is 0 Å². The molecule has 0 radical (unpaired) electrons. The Balaban J connectivity index is 1.91. The Bertz CT molecular complexity index is 611. The summed E-state index contributed by atoms with van der Waals surface area (Å²) in [5.74, 6) is 2.88. The number of methoxy groups -OCH3 is 1. The molecule has 0 amide bonds. The molecule has 3 heteroatoms. The number of aryl methyl sites for hydroxylation is 1. The van der Waals surface area contributed by atoms with E-state index in [1.54, 1.807) is 7.11 Å². The second-order valence-electron chi connectivity index (χ2n) is 6.52. The van der Waals surface area contributed by atoms with Crippen LogP contribution in [0.2, 0.25) is 0 Å². The number of rotatable bonds is 7. The Hall–Kier alpha value is -1.51. The van der Waals surface area contributed by atoms with Crippen molar-refractivity contribution in [1.82, 2.24) is 9.55 Å². The number of nitrogens with zero attached hydrogens (tertiary/aromatic N) is 2. The van der Waals surface area contributed by atoms with Gasteiger partial charge in [-0.25, -0.2) is 4.98 Å². The molecule has 1 aliphatic carbocycles. The highest BCUT2D eigenvalue weighted by Gasteiger charge is 2.23. The highest BCUT2D eigenvalue weighted by molar-refractivity contribution is 5.78. The van der Waals surface area contributed by atoms with Crippen LogP contribution in [0.4, 0.5) is 0 Å². The van der Waals surface area contributed by atoms with Crippen molar-refractivity contribution in [2.75, 3.05) is 7.11 Å². The number of fused-ring (bicyclic) bond motifs is 1. The van der Waals surface area contributed by atoms with Crippen LogP contribution in [0, 0.1) is 0 Å². The van der Waals surface area contributed by atoms with Crippen LogP contribution >= 0.6 is 0 Å². The normalized spacial score (nSPS) is 15.7. The van der Waals surface area contributed by atoms with Crippen molar-refractivity contribution in [1.29, 1.82) is 0 Å². The molecular weight excluding hydrogens is 272 g/mol. The van der Waals surface area contributed by atoms with E-state index in [0.717, 1.165) is 17.8 Å². The number of unbranched alkanes of at least 4 members (excludes halogenated alkanes) is 3. The zero-order valence-electron chi connectivity index (χ0n) is 14.0. The molecule has 3 nitrogen and oxygen atoms in total. The third-order valence-electron chi connectivity index (χ3n) is 4.94. The standard InChI is InChI=1S/C19H28N2O/c1-3-4-5-8-13-21-18-12-11-16(22-2)14-17(18)20-19(21)15-9-6-7-10-15/h11-12,14-15H,3-10,13H2,1-2H3. The molecule has 2 aromatic rings. The predicted octanol–water partition coefficient (Wildman–Crippen LogP) is 5.28. The smallest absolute Gasteiger partial charge is 0.121 e. The third kappa shape index (κ3) is 3.13. The van der Waals surface area contributed by atoms with Gasteiger partial charge >= 0.3 is 0 Å². The van der Waals surface area contributed by atoms with E-state index in [4.69, 9.17) is 9.72 Å². The minimum absolute atomic E-state index is 0.657. The molecule has 0 N–H and O–H groups in total. The van der Waals surface area contributed by atoms with Gasteiger partial charge in [-0.2, -0.15) is 0 Å². The summed E-state index contributed by atoms with van der Waals surface area (Å²) in [5, 5.41) is 0. The first kappa shape index (κ1) is 15.4. The molecule has 0 atom stereocenters. The van der Waals surface area contributed by atoms with Crippen molar-refractivity contribution in [2.45, 2.75) is 70.8 Å². The molecule has 0 spiro atoms. The number of imidazole rings is 1. The van der Waals surface area contributed by atoms with Gasteiger partial charge in [0, 0.05) is 18.5 Å². The van der Waals surface area contributed by atoms with Gasteiger partial charge in [-0.3, -0.25) is 0 Å². The first-order chi connectivity index (χ1) is 10.8. The molecule has 0 saturated heterocycles. The maximum absolute atomic E-state index is 5.36. The van der Waals surface area contributed by atoms with Crippen LogP contribution in [0.15, 0.2) is 18.2 Å². The van der Waals surface area contributed by atoms with Crippen LogP contribution in [-0.4, -0.2) is 16.7 Å². The quantitative estimate of drug-likeness (QED) is 0.650. The molecule has 1 heterocycles. The predicted molar refractivity (Wildman–Crippen MR) is 91.6 cm³/mol. The molecule has 1 fully saturated rings. The van der Waals surface area contributed by atoms with E-state index in [-0.39, 0.29) is 0 Å². The second-order valence-corrected chi connectivity index (χ2v) is 6.52. The van der Waals surface area contributed by atoms with Gasteiger partial charge in [0.05, 0.1) is 18.1 Å². The highest BCUT2D eigenvalue weighted by Crippen LogP contribution is 2.36. The Labute approximate surface area is 133 Å². The number of benzene rings is 1. The van der Waals surface area contributed by atoms with Crippen LogP contribution in [0.3, 0.4) is 0 Å². The third-order valence-corrected chi connectivity index (χ3v) is 4.94. The van der Waals surface area contributed by atoms with E-state index >= 15 is 0 Å². The van der Waals surface area contributed by atoms with E-state index in [2.05, 4.69) is 29.7 Å². The Morgan fingerprint density at radius 1 is 1.18 bits per heavy atom. The number of aromatic nitrogens is 2. The SMILES string of the molecule is CCCCCCn1c(C2CCCC2)nc2cc(OC)ccc21. The van der Waals surface area contributed by atoms with Gasteiger partial charge in [0.1, 0.15) is 11.6 Å². The van der Waals surface area contributed by atoms with Crippen molar-refractivity contribution in [3.05, 3.63) is 24.0 Å². The van der Waals surface area contributed by atoms with Crippen molar-refractivity contribution >= 4 is 11.0 Å². The average molecular weight is 300 g/mol. The maximum Gasteiger partial charge on any atom is 0.121 e. The lowest BCUT2D eigenvalue weighted by Crippen LogP contribution is -2.07. The zero-order valence-corrected chi connectivity index (χ0v) is 14.0. The second kappa shape index (κ2) is 7.17. The molecule has 1 aromatic heterocycles. The molecule has 0 aliphatic heterocycles. The average Bonchev–Trinajstić information content (AvgIpc) is 3.18. The number of hydrogen-bond acceptors (Lipinski definition) is 2. The highest BCUT2D eigenvalue weighted by atomic mass is 16.5. The molecule has 120 valence electrons. The summed E-state index contributed by atoms with van der Waals surface area (Å²) in [4.78, 5) is 4.99. The van der Waals surface area contributed by atoms with E-state index < -0.39 is 0 Å². The summed E-state index contributed by atoms with van der Waals surface area (Å²) in [6.45, 7) is 3.37. The van der Waals surface area contributed by atoms with Crippen LogP contribution in [0.5, 0.6) is 5.75 Å².